The summed E-state index contributed by atoms with van der Waals surface area (Å²) in [7, 11) is 0. The van der Waals surface area contributed by atoms with Crippen LogP contribution in [0.1, 0.15) is 72.1 Å². The number of amides is 1. The zero-order chi connectivity index (χ0) is 20.2. The van der Waals surface area contributed by atoms with Gasteiger partial charge in [0.1, 0.15) is 0 Å². The van der Waals surface area contributed by atoms with Crippen molar-refractivity contribution < 1.29 is 9.90 Å². The standard InChI is InChI=1S/C24H39NO2/c1-4-7-10-11-12-13-14-15-16-17-18-19-23(26)25-22-24(27,20-8-5-2)21-9-6-3/h4,7,10-15,18-19,27H,5-6,8-9,16-17,20-22H2,1-3H3,(H,25,26). The highest BCUT2D eigenvalue weighted by Gasteiger charge is 2.25. The highest BCUT2D eigenvalue weighted by Crippen LogP contribution is 2.20. The molecule has 0 fully saturated rings. The normalized spacial score (nSPS) is 13.2. The third kappa shape index (κ3) is 16.1. The summed E-state index contributed by atoms with van der Waals surface area (Å²) in [5.41, 5.74) is -0.772. The van der Waals surface area contributed by atoms with Crippen LogP contribution >= 0.6 is 0 Å². The minimum atomic E-state index is -0.772. The minimum absolute atomic E-state index is 0.126. The molecule has 27 heavy (non-hydrogen) atoms. The first-order valence-corrected chi connectivity index (χ1v) is 10.4. The predicted molar refractivity (Wildman–Crippen MR) is 118 cm³/mol. The van der Waals surface area contributed by atoms with Gasteiger partial charge in [-0.25, -0.2) is 0 Å². The molecular weight excluding hydrogens is 334 g/mol. The number of allylic oxidation sites excluding steroid dienone is 9. The predicted octanol–water partition coefficient (Wildman–Crippen LogP) is 5.80. The lowest BCUT2D eigenvalue weighted by molar-refractivity contribution is -0.118. The number of hydrogen-bond donors (Lipinski definition) is 2. The zero-order valence-corrected chi connectivity index (χ0v) is 17.5. The molecule has 0 aliphatic rings. The molecule has 2 N–H and O–H groups in total. The Kier molecular flexibility index (Phi) is 16.3. The monoisotopic (exact) mass is 373 g/mol. The lowest BCUT2D eigenvalue weighted by atomic mass is 9.91. The van der Waals surface area contributed by atoms with Gasteiger partial charge in [-0.2, -0.15) is 0 Å². The van der Waals surface area contributed by atoms with E-state index in [1.54, 1.807) is 6.08 Å². The van der Waals surface area contributed by atoms with Gasteiger partial charge in [-0.15, -0.1) is 0 Å². The molecule has 0 saturated carbocycles. The Hall–Kier alpha value is -1.87. The molecule has 0 unspecified atom stereocenters. The van der Waals surface area contributed by atoms with Crippen LogP contribution in [0.15, 0.2) is 60.8 Å². The number of carbonyl (C=O) groups excluding carboxylic acids is 1. The topological polar surface area (TPSA) is 49.3 Å². The third-order valence-corrected chi connectivity index (χ3v) is 4.24. The number of hydrogen-bond acceptors (Lipinski definition) is 2. The highest BCUT2D eigenvalue weighted by atomic mass is 16.3. The second-order valence-electron chi connectivity index (χ2n) is 6.85. The number of aliphatic hydroxyl groups is 1. The maximum atomic E-state index is 11.9. The molecule has 0 aliphatic carbocycles. The molecule has 0 atom stereocenters. The second-order valence-corrected chi connectivity index (χ2v) is 6.85. The average molecular weight is 374 g/mol. The maximum absolute atomic E-state index is 11.9. The molecule has 0 radical (unpaired) electrons. The molecule has 3 nitrogen and oxygen atoms in total. The SMILES string of the molecule is CC=CC=CC=CC=CCCC=CC(=O)NCC(O)(CCCC)CCCC. The van der Waals surface area contributed by atoms with Gasteiger partial charge in [-0.05, 0) is 38.7 Å². The molecule has 0 aliphatic heterocycles. The van der Waals surface area contributed by atoms with E-state index >= 15 is 0 Å². The summed E-state index contributed by atoms with van der Waals surface area (Å²) in [5.74, 6) is -0.126. The fraction of sp³-hybridized carbons (Fsp3) is 0.542. The third-order valence-electron chi connectivity index (χ3n) is 4.24. The smallest absolute Gasteiger partial charge is 0.243 e. The molecule has 0 spiro atoms. The van der Waals surface area contributed by atoms with Crippen molar-refractivity contribution in [2.24, 2.45) is 0 Å². The van der Waals surface area contributed by atoms with Crippen LogP contribution in [0.5, 0.6) is 0 Å². The van der Waals surface area contributed by atoms with Gasteiger partial charge in [0.25, 0.3) is 0 Å². The van der Waals surface area contributed by atoms with E-state index in [4.69, 9.17) is 0 Å². The van der Waals surface area contributed by atoms with Gasteiger partial charge in [0, 0.05) is 6.54 Å². The van der Waals surface area contributed by atoms with Crippen molar-refractivity contribution in [1.82, 2.24) is 5.32 Å². The fourth-order valence-electron chi connectivity index (χ4n) is 2.55. The van der Waals surface area contributed by atoms with Crippen LogP contribution in [0.3, 0.4) is 0 Å². The summed E-state index contributed by atoms with van der Waals surface area (Å²) >= 11 is 0. The van der Waals surface area contributed by atoms with Crippen LogP contribution in [0.25, 0.3) is 0 Å². The lowest BCUT2D eigenvalue weighted by Crippen LogP contribution is -2.42. The molecule has 0 saturated heterocycles. The van der Waals surface area contributed by atoms with E-state index in [-0.39, 0.29) is 5.91 Å². The van der Waals surface area contributed by atoms with Crippen LogP contribution in [-0.2, 0) is 4.79 Å². The Morgan fingerprint density at radius 2 is 1.44 bits per heavy atom. The Bertz CT molecular complexity index is 504. The summed E-state index contributed by atoms with van der Waals surface area (Å²) < 4.78 is 0. The quantitative estimate of drug-likeness (QED) is 0.217. The van der Waals surface area contributed by atoms with Gasteiger partial charge in [0.05, 0.1) is 5.60 Å². The summed E-state index contributed by atoms with van der Waals surface area (Å²) in [6.45, 7) is 6.56. The van der Waals surface area contributed by atoms with Gasteiger partial charge < -0.3 is 10.4 Å². The van der Waals surface area contributed by atoms with E-state index in [2.05, 4.69) is 25.2 Å². The molecule has 1 amide bonds. The van der Waals surface area contributed by atoms with Crippen molar-refractivity contribution in [2.45, 2.75) is 77.7 Å². The minimum Gasteiger partial charge on any atom is -0.388 e. The maximum Gasteiger partial charge on any atom is 0.243 e. The molecular formula is C24H39NO2. The first-order valence-electron chi connectivity index (χ1n) is 10.4. The summed E-state index contributed by atoms with van der Waals surface area (Å²) in [6, 6.07) is 0. The fourth-order valence-corrected chi connectivity index (χ4v) is 2.55. The van der Waals surface area contributed by atoms with Crippen molar-refractivity contribution in [2.75, 3.05) is 6.54 Å². The van der Waals surface area contributed by atoms with E-state index < -0.39 is 5.60 Å². The molecule has 0 aromatic heterocycles. The molecule has 0 aromatic carbocycles. The first-order chi connectivity index (χ1) is 13.1. The van der Waals surface area contributed by atoms with Crippen molar-refractivity contribution in [3.05, 3.63) is 60.8 Å². The summed E-state index contributed by atoms with van der Waals surface area (Å²) in [4.78, 5) is 11.9. The van der Waals surface area contributed by atoms with Gasteiger partial charge in [-0.3, -0.25) is 4.79 Å². The highest BCUT2D eigenvalue weighted by molar-refractivity contribution is 5.87. The zero-order valence-electron chi connectivity index (χ0n) is 17.5. The lowest BCUT2D eigenvalue weighted by Gasteiger charge is -2.28. The molecule has 0 heterocycles. The average Bonchev–Trinajstić information content (AvgIpc) is 2.67. The van der Waals surface area contributed by atoms with E-state index in [9.17, 15) is 9.90 Å². The molecule has 0 aromatic rings. The van der Waals surface area contributed by atoms with Crippen LogP contribution in [0.2, 0.25) is 0 Å². The van der Waals surface area contributed by atoms with Crippen molar-refractivity contribution in [3.63, 3.8) is 0 Å². The first kappa shape index (κ1) is 25.1. The Morgan fingerprint density at radius 1 is 0.889 bits per heavy atom. The summed E-state index contributed by atoms with van der Waals surface area (Å²) in [5, 5.41) is 13.6. The van der Waals surface area contributed by atoms with Crippen molar-refractivity contribution in [1.29, 1.82) is 0 Å². The van der Waals surface area contributed by atoms with Gasteiger partial charge >= 0.3 is 0 Å². The van der Waals surface area contributed by atoms with E-state index in [1.165, 1.54) is 0 Å². The van der Waals surface area contributed by atoms with Gasteiger partial charge in [-0.1, -0.05) is 94.2 Å². The molecule has 3 heteroatoms. The number of rotatable bonds is 15. The van der Waals surface area contributed by atoms with E-state index in [1.807, 2.05) is 55.5 Å². The van der Waals surface area contributed by atoms with E-state index in [0.29, 0.717) is 6.54 Å². The van der Waals surface area contributed by atoms with Crippen LogP contribution in [0.4, 0.5) is 0 Å². The largest absolute Gasteiger partial charge is 0.388 e. The molecule has 0 bridgehead atoms. The van der Waals surface area contributed by atoms with E-state index in [0.717, 1.165) is 51.4 Å². The van der Waals surface area contributed by atoms with Crippen LogP contribution < -0.4 is 5.32 Å². The van der Waals surface area contributed by atoms with Gasteiger partial charge in [0.15, 0.2) is 0 Å². The second kappa shape index (κ2) is 17.5. The van der Waals surface area contributed by atoms with Crippen molar-refractivity contribution >= 4 is 5.91 Å². The Morgan fingerprint density at radius 3 is 2.04 bits per heavy atom. The number of carbonyl (C=O) groups is 1. The number of unbranched alkanes of at least 4 members (excludes halogenated alkanes) is 3. The molecule has 0 rings (SSSR count). The number of nitrogens with one attached hydrogen (secondary N) is 1. The Balaban J connectivity index is 4.10. The van der Waals surface area contributed by atoms with Gasteiger partial charge in [0.2, 0.25) is 5.91 Å². The molecule has 152 valence electrons. The van der Waals surface area contributed by atoms with Crippen LogP contribution in [0, 0.1) is 0 Å². The summed E-state index contributed by atoms with van der Waals surface area (Å²) in [6.07, 6.45) is 26.7. The van der Waals surface area contributed by atoms with Crippen LogP contribution in [-0.4, -0.2) is 23.2 Å². The Labute approximate surface area is 166 Å². The van der Waals surface area contributed by atoms with Crippen molar-refractivity contribution in [3.8, 4) is 0 Å².